The maximum absolute atomic E-state index is 15.0. The third-order valence-corrected chi connectivity index (χ3v) is 10.0. The summed E-state index contributed by atoms with van der Waals surface area (Å²) in [5.74, 6) is -3.40. The molecule has 15 nitrogen and oxygen atoms in total. The Hall–Kier alpha value is -5.29. The van der Waals surface area contributed by atoms with Gasteiger partial charge in [0.2, 0.25) is 11.4 Å². The second-order valence-corrected chi connectivity index (χ2v) is 13.0. The molecule has 266 valence electrons. The van der Waals surface area contributed by atoms with Crippen LogP contribution >= 0.6 is 0 Å². The van der Waals surface area contributed by atoms with Gasteiger partial charge < -0.3 is 70.0 Å². The number of rotatable bonds is 4. The molecule has 15 heteroatoms. The van der Waals surface area contributed by atoms with Gasteiger partial charge in [0.15, 0.2) is 6.10 Å². The van der Waals surface area contributed by atoms with E-state index in [4.69, 9.17) is 18.9 Å². The number of aliphatic hydroxyl groups is 5. The summed E-state index contributed by atoms with van der Waals surface area (Å²) >= 11 is 0. The lowest BCUT2D eigenvalue weighted by atomic mass is 9.78. The Labute approximate surface area is 288 Å². The third-order valence-electron chi connectivity index (χ3n) is 10.0. The highest BCUT2D eigenvalue weighted by molar-refractivity contribution is 6.12. The summed E-state index contributed by atoms with van der Waals surface area (Å²) in [5, 5.41) is 106. The van der Waals surface area contributed by atoms with Crippen LogP contribution < -0.4 is 14.2 Å². The number of carbonyl (C=O) groups is 1. The van der Waals surface area contributed by atoms with Crippen LogP contribution in [0.1, 0.15) is 56.5 Å². The summed E-state index contributed by atoms with van der Waals surface area (Å²) in [5.41, 5.74) is -2.37. The monoisotopic (exact) mass is 704 g/mol. The van der Waals surface area contributed by atoms with E-state index in [9.17, 15) is 51.1 Å². The predicted octanol–water partition coefficient (Wildman–Crippen LogP) is 1.37. The zero-order chi connectivity index (χ0) is 36.1. The van der Waals surface area contributed by atoms with Crippen molar-refractivity contribution < 1.29 is 74.8 Å². The SMILES string of the molecule is O=C1c2c(cc(O)c(C3OC(CO)C(O)C(O)C3O)c2O)OC12c1c(cc(O)c3c1OC(c1ccc(O)cc1)C(O)C3)OC2c1ccc(O)cc1. The molecule has 9 atom stereocenters. The largest absolute Gasteiger partial charge is 0.508 e. The lowest BCUT2D eigenvalue weighted by molar-refractivity contribution is -0.232. The molecule has 51 heavy (non-hydrogen) atoms. The van der Waals surface area contributed by atoms with Gasteiger partial charge in [0, 0.05) is 24.1 Å². The van der Waals surface area contributed by atoms with Crippen molar-refractivity contribution in [2.24, 2.45) is 0 Å². The summed E-state index contributed by atoms with van der Waals surface area (Å²) in [6.07, 6.45) is -12.4. The molecule has 4 aliphatic rings. The highest BCUT2D eigenvalue weighted by atomic mass is 16.6. The molecule has 1 fully saturated rings. The van der Waals surface area contributed by atoms with Gasteiger partial charge in [-0.15, -0.1) is 0 Å². The molecule has 4 aliphatic heterocycles. The minimum absolute atomic E-state index is 0.0152. The molecule has 0 aliphatic carbocycles. The quantitative estimate of drug-likeness (QED) is 0.144. The molecule has 0 amide bonds. The van der Waals surface area contributed by atoms with E-state index in [2.05, 4.69) is 0 Å². The number of Topliss-reactive ketones (excluding diaryl/α,β-unsaturated/α-hetero) is 1. The van der Waals surface area contributed by atoms with Crippen LogP contribution in [0, 0.1) is 0 Å². The molecule has 1 saturated heterocycles. The maximum atomic E-state index is 15.0. The summed E-state index contributed by atoms with van der Waals surface area (Å²) in [6, 6.07) is 13.8. The van der Waals surface area contributed by atoms with Gasteiger partial charge in [-0.1, -0.05) is 24.3 Å². The Morgan fingerprint density at radius 3 is 2.00 bits per heavy atom. The molecule has 0 bridgehead atoms. The highest BCUT2D eigenvalue weighted by Crippen LogP contribution is 2.64. The van der Waals surface area contributed by atoms with Crippen molar-refractivity contribution in [3.05, 3.63) is 94.0 Å². The second-order valence-electron chi connectivity index (χ2n) is 13.0. The van der Waals surface area contributed by atoms with E-state index in [1.165, 1.54) is 54.6 Å². The van der Waals surface area contributed by atoms with E-state index in [1.807, 2.05) is 0 Å². The van der Waals surface area contributed by atoms with Crippen LogP contribution in [0.4, 0.5) is 0 Å². The lowest BCUT2D eigenvalue weighted by Crippen LogP contribution is -2.55. The van der Waals surface area contributed by atoms with Gasteiger partial charge in [-0.25, -0.2) is 0 Å². The van der Waals surface area contributed by atoms with E-state index >= 15 is 4.79 Å². The van der Waals surface area contributed by atoms with Gasteiger partial charge in [0.25, 0.3) is 0 Å². The van der Waals surface area contributed by atoms with Crippen LogP contribution in [-0.4, -0.2) is 94.0 Å². The molecule has 0 saturated carbocycles. The Bertz CT molecular complexity index is 2050. The van der Waals surface area contributed by atoms with Gasteiger partial charge in [-0.2, -0.15) is 0 Å². The van der Waals surface area contributed by atoms with Crippen LogP contribution in [0.2, 0.25) is 0 Å². The number of benzene rings is 4. The summed E-state index contributed by atoms with van der Waals surface area (Å²) in [6.45, 7) is -0.792. The number of fused-ring (bicyclic) bond motifs is 5. The summed E-state index contributed by atoms with van der Waals surface area (Å²) in [7, 11) is 0. The van der Waals surface area contributed by atoms with E-state index in [0.717, 1.165) is 6.07 Å². The first-order valence-corrected chi connectivity index (χ1v) is 16.0. The fourth-order valence-corrected chi connectivity index (χ4v) is 7.51. The van der Waals surface area contributed by atoms with Crippen LogP contribution in [0.3, 0.4) is 0 Å². The fraction of sp³-hybridized carbons (Fsp3) is 0.306. The van der Waals surface area contributed by atoms with Gasteiger partial charge in [0.05, 0.1) is 23.8 Å². The van der Waals surface area contributed by atoms with E-state index in [1.54, 1.807) is 0 Å². The van der Waals surface area contributed by atoms with Crippen LogP contribution in [0.5, 0.6) is 46.0 Å². The number of carbonyl (C=O) groups excluding carboxylic acids is 1. The number of ether oxygens (including phenoxy) is 4. The lowest BCUT2D eigenvalue weighted by Gasteiger charge is -2.40. The first-order valence-electron chi connectivity index (χ1n) is 16.0. The molecule has 4 aromatic rings. The molecule has 0 radical (unpaired) electrons. The zero-order valence-corrected chi connectivity index (χ0v) is 26.3. The van der Waals surface area contributed by atoms with E-state index < -0.39 is 89.4 Å². The van der Waals surface area contributed by atoms with Gasteiger partial charge in [-0.3, -0.25) is 4.79 Å². The molecule has 4 aromatic carbocycles. The Kier molecular flexibility index (Phi) is 7.50. The fourth-order valence-electron chi connectivity index (χ4n) is 7.51. The number of aromatic hydroxyl groups is 5. The molecular weight excluding hydrogens is 672 g/mol. The van der Waals surface area contributed by atoms with Gasteiger partial charge in [0.1, 0.15) is 88.2 Å². The first kappa shape index (κ1) is 32.9. The third kappa shape index (κ3) is 4.70. The minimum Gasteiger partial charge on any atom is -0.508 e. The van der Waals surface area contributed by atoms with Crippen molar-refractivity contribution >= 4 is 5.78 Å². The van der Waals surface area contributed by atoms with E-state index in [-0.39, 0.29) is 52.0 Å². The number of phenolic OH excluding ortho intramolecular Hbond substituents is 5. The standard InChI is InChI=1S/C36H32O15/c37-12-23-27(43)29(45)30(46)33(48-23)24-19(41)11-21-25(28(24)44)34(47)36(51-21)26-22(49-35(36)14-3-7-16(39)8-4-14)10-18(40)17-9-20(42)31(50-32(17)26)13-1-5-15(38)6-2-13/h1-8,10-11,20,23,27,29-31,33,35,37-46H,9,12H2. The number of hydrogen-bond donors (Lipinski definition) is 10. The normalized spacial score (nSPS) is 30.6. The average molecular weight is 705 g/mol. The Morgan fingerprint density at radius 2 is 1.35 bits per heavy atom. The first-order chi connectivity index (χ1) is 24.3. The smallest absolute Gasteiger partial charge is 0.244 e. The number of phenols is 5. The van der Waals surface area contributed by atoms with Gasteiger partial charge >= 0.3 is 0 Å². The summed E-state index contributed by atoms with van der Waals surface area (Å²) in [4.78, 5) is 15.0. The van der Waals surface area contributed by atoms with Crippen molar-refractivity contribution in [3.63, 3.8) is 0 Å². The average Bonchev–Trinajstić information content (AvgIpc) is 3.58. The number of ketones is 1. The molecule has 10 N–H and O–H groups in total. The molecule has 8 rings (SSSR count). The van der Waals surface area contributed by atoms with Crippen molar-refractivity contribution in [1.82, 2.24) is 0 Å². The van der Waals surface area contributed by atoms with Gasteiger partial charge in [-0.05, 0) is 35.4 Å². The summed E-state index contributed by atoms with van der Waals surface area (Å²) < 4.78 is 24.7. The highest BCUT2D eigenvalue weighted by Gasteiger charge is 2.65. The molecule has 9 unspecified atom stereocenters. The molecular formula is C36H32O15. The van der Waals surface area contributed by atoms with Crippen molar-refractivity contribution in [3.8, 4) is 46.0 Å². The van der Waals surface area contributed by atoms with Crippen LogP contribution in [0.25, 0.3) is 0 Å². The maximum Gasteiger partial charge on any atom is 0.244 e. The predicted molar refractivity (Wildman–Crippen MR) is 170 cm³/mol. The molecule has 0 aromatic heterocycles. The number of aliphatic hydroxyl groups excluding tert-OH is 5. The topological polar surface area (TPSA) is 256 Å². The number of hydrogen-bond acceptors (Lipinski definition) is 15. The van der Waals surface area contributed by atoms with Crippen molar-refractivity contribution in [2.75, 3.05) is 6.61 Å². The molecule has 1 spiro atoms. The van der Waals surface area contributed by atoms with Crippen LogP contribution in [-0.2, 0) is 16.8 Å². The Balaban J connectivity index is 1.31. The molecule has 4 heterocycles. The second kappa shape index (κ2) is 11.6. The van der Waals surface area contributed by atoms with Crippen molar-refractivity contribution in [2.45, 2.75) is 60.9 Å². The minimum atomic E-state index is -2.23. The zero-order valence-electron chi connectivity index (χ0n) is 26.3. The van der Waals surface area contributed by atoms with Crippen LogP contribution in [0.15, 0.2) is 60.7 Å². The van der Waals surface area contributed by atoms with E-state index in [0.29, 0.717) is 11.1 Å². The Morgan fingerprint density at radius 1 is 0.725 bits per heavy atom. The van der Waals surface area contributed by atoms with Crippen molar-refractivity contribution in [1.29, 1.82) is 0 Å².